The number of hydrogen-bond donors (Lipinski definition) is 2. The fourth-order valence-electron chi connectivity index (χ4n) is 3.16. The van der Waals surface area contributed by atoms with E-state index < -0.39 is 0 Å². The van der Waals surface area contributed by atoms with Gasteiger partial charge in [-0.05, 0) is 24.3 Å². The molecule has 3 amide bonds. The number of urea groups is 1. The Bertz CT molecular complexity index is 999. The number of carbonyl (C=O) groups excluding carboxylic acids is 2. The van der Waals surface area contributed by atoms with Crippen molar-refractivity contribution in [2.24, 2.45) is 0 Å². The van der Waals surface area contributed by atoms with E-state index in [2.05, 4.69) is 15.6 Å². The number of anilines is 2. The molecule has 2 heterocycles. The molecule has 1 saturated heterocycles. The molecule has 2 N–H and O–H groups in total. The van der Waals surface area contributed by atoms with Crippen LogP contribution >= 0.6 is 22.9 Å². The number of hydrogen-bond acceptors (Lipinski definition) is 5. The highest BCUT2D eigenvalue weighted by atomic mass is 35.5. The van der Waals surface area contributed by atoms with Gasteiger partial charge in [-0.1, -0.05) is 47.2 Å². The van der Waals surface area contributed by atoms with E-state index in [9.17, 15) is 9.59 Å². The van der Waals surface area contributed by atoms with Crippen LogP contribution < -0.4 is 10.6 Å². The maximum absolute atomic E-state index is 12.5. The topological polar surface area (TPSA) is 77.6 Å². The quantitative estimate of drug-likeness (QED) is 0.662. The van der Waals surface area contributed by atoms with Crippen LogP contribution in [0.2, 0.25) is 5.02 Å². The Morgan fingerprint density at radius 3 is 2.48 bits per heavy atom. The molecule has 0 unspecified atom stereocenters. The third-order valence-corrected chi connectivity index (χ3v) is 5.96. The van der Waals surface area contributed by atoms with E-state index in [0.717, 1.165) is 10.2 Å². The highest BCUT2D eigenvalue weighted by Crippen LogP contribution is 2.25. The molecule has 4 rings (SSSR count). The first-order valence-electron chi connectivity index (χ1n) is 9.27. The third-order valence-electron chi connectivity index (χ3n) is 4.68. The lowest BCUT2D eigenvalue weighted by atomic mass is 10.3. The van der Waals surface area contributed by atoms with E-state index in [0.29, 0.717) is 42.0 Å². The second-order valence-corrected chi connectivity index (χ2v) is 8.15. The Kier molecular flexibility index (Phi) is 5.94. The minimum absolute atomic E-state index is 0.120. The van der Waals surface area contributed by atoms with Crippen molar-refractivity contribution in [2.75, 3.05) is 43.4 Å². The minimum Gasteiger partial charge on any atom is -0.324 e. The minimum atomic E-state index is -0.163. The second-order valence-electron chi connectivity index (χ2n) is 6.71. The van der Waals surface area contributed by atoms with Crippen molar-refractivity contribution >= 4 is 55.9 Å². The molecule has 1 aliphatic rings. The summed E-state index contributed by atoms with van der Waals surface area (Å²) in [6, 6.07) is 14.8. The van der Waals surface area contributed by atoms with E-state index >= 15 is 0 Å². The normalized spacial score (nSPS) is 14.7. The van der Waals surface area contributed by atoms with E-state index in [1.165, 1.54) is 11.3 Å². The number of rotatable bonds is 4. The van der Waals surface area contributed by atoms with Crippen molar-refractivity contribution in [3.05, 3.63) is 53.6 Å². The van der Waals surface area contributed by atoms with Crippen LogP contribution in [0.25, 0.3) is 10.2 Å². The van der Waals surface area contributed by atoms with Crippen molar-refractivity contribution in [2.45, 2.75) is 0 Å². The number of nitrogens with one attached hydrogen (secondary N) is 2. The number of aromatic nitrogens is 1. The number of nitrogens with zero attached hydrogens (tertiary/aromatic N) is 3. The predicted octanol–water partition coefficient (Wildman–Crippen LogP) is 3.74. The van der Waals surface area contributed by atoms with Gasteiger partial charge in [0.25, 0.3) is 0 Å². The molecule has 3 aromatic rings. The van der Waals surface area contributed by atoms with Crippen molar-refractivity contribution in [3.8, 4) is 0 Å². The Hall–Kier alpha value is -2.68. The van der Waals surface area contributed by atoms with Crippen LogP contribution in [0.1, 0.15) is 0 Å². The largest absolute Gasteiger partial charge is 0.324 e. The molecule has 150 valence electrons. The van der Waals surface area contributed by atoms with Crippen LogP contribution in [0.5, 0.6) is 0 Å². The summed E-state index contributed by atoms with van der Waals surface area (Å²) < 4.78 is 1.04. The van der Waals surface area contributed by atoms with Gasteiger partial charge in [0, 0.05) is 26.2 Å². The summed E-state index contributed by atoms with van der Waals surface area (Å²) in [5, 5.41) is 6.81. The van der Waals surface area contributed by atoms with Gasteiger partial charge < -0.3 is 10.2 Å². The van der Waals surface area contributed by atoms with Crippen molar-refractivity contribution < 1.29 is 9.59 Å². The standard InChI is InChI=1S/C20H20ClN5O2S/c21-14-5-1-2-6-15(14)22-18(27)13-25-9-11-26(12-10-25)20(28)24-19-23-16-7-3-4-8-17(16)29-19/h1-8H,9-13H2,(H,22,27)(H,23,24,28). The van der Waals surface area contributed by atoms with Crippen molar-refractivity contribution in [3.63, 3.8) is 0 Å². The van der Waals surface area contributed by atoms with Crippen LogP contribution in [0, 0.1) is 0 Å². The lowest BCUT2D eigenvalue weighted by molar-refractivity contribution is -0.117. The summed E-state index contributed by atoms with van der Waals surface area (Å²) in [5.74, 6) is -0.120. The van der Waals surface area contributed by atoms with Gasteiger partial charge in [0.05, 0.1) is 27.5 Å². The van der Waals surface area contributed by atoms with Gasteiger partial charge in [-0.3, -0.25) is 15.0 Å². The number of thiazole rings is 1. The Labute approximate surface area is 177 Å². The van der Waals surface area contributed by atoms with Crippen molar-refractivity contribution in [1.82, 2.24) is 14.8 Å². The number of benzene rings is 2. The van der Waals surface area contributed by atoms with Gasteiger partial charge in [0.2, 0.25) is 5.91 Å². The molecule has 2 aromatic carbocycles. The zero-order chi connectivity index (χ0) is 20.2. The predicted molar refractivity (Wildman–Crippen MR) is 117 cm³/mol. The molecular weight excluding hydrogens is 410 g/mol. The number of carbonyl (C=O) groups is 2. The smallest absolute Gasteiger partial charge is 0.323 e. The van der Waals surface area contributed by atoms with E-state index in [1.807, 2.05) is 41.3 Å². The summed E-state index contributed by atoms with van der Waals surface area (Å²) in [6.45, 7) is 2.62. The van der Waals surface area contributed by atoms with E-state index in [-0.39, 0.29) is 18.5 Å². The van der Waals surface area contributed by atoms with E-state index in [1.54, 1.807) is 17.0 Å². The molecule has 1 aromatic heterocycles. The molecule has 0 saturated carbocycles. The van der Waals surface area contributed by atoms with Crippen LogP contribution in [-0.2, 0) is 4.79 Å². The highest BCUT2D eigenvalue weighted by Gasteiger charge is 2.23. The van der Waals surface area contributed by atoms with Gasteiger partial charge in [-0.15, -0.1) is 0 Å². The van der Waals surface area contributed by atoms with Gasteiger partial charge in [0.15, 0.2) is 5.13 Å². The molecule has 1 aliphatic heterocycles. The van der Waals surface area contributed by atoms with Crippen LogP contribution in [0.4, 0.5) is 15.6 Å². The molecule has 0 bridgehead atoms. The van der Waals surface area contributed by atoms with Gasteiger partial charge in [-0.25, -0.2) is 9.78 Å². The Morgan fingerprint density at radius 1 is 1.00 bits per heavy atom. The van der Waals surface area contributed by atoms with Gasteiger partial charge in [-0.2, -0.15) is 0 Å². The molecule has 0 radical (unpaired) electrons. The summed E-state index contributed by atoms with van der Waals surface area (Å²) in [5.41, 5.74) is 1.48. The second kappa shape index (κ2) is 8.77. The van der Waals surface area contributed by atoms with Gasteiger partial charge in [0.1, 0.15) is 0 Å². The molecule has 9 heteroatoms. The Morgan fingerprint density at radius 2 is 1.72 bits per heavy atom. The fraction of sp³-hybridized carbons (Fsp3) is 0.250. The molecule has 0 aliphatic carbocycles. The number of fused-ring (bicyclic) bond motifs is 1. The summed E-state index contributed by atoms with van der Waals surface area (Å²) >= 11 is 7.53. The monoisotopic (exact) mass is 429 g/mol. The molecular formula is C20H20ClN5O2S. The Balaban J connectivity index is 1.26. The van der Waals surface area contributed by atoms with Crippen LogP contribution in [0.3, 0.4) is 0 Å². The highest BCUT2D eigenvalue weighted by molar-refractivity contribution is 7.22. The maximum Gasteiger partial charge on any atom is 0.323 e. The lowest BCUT2D eigenvalue weighted by Gasteiger charge is -2.34. The van der Waals surface area contributed by atoms with Crippen molar-refractivity contribution in [1.29, 1.82) is 0 Å². The average Bonchev–Trinajstić information content (AvgIpc) is 3.12. The summed E-state index contributed by atoms with van der Waals surface area (Å²) in [6.07, 6.45) is 0. The molecule has 7 nitrogen and oxygen atoms in total. The first-order chi connectivity index (χ1) is 14.1. The third kappa shape index (κ3) is 4.84. The molecule has 0 spiro atoms. The lowest BCUT2D eigenvalue weighted by Crippen LogP contribution is -2.51. The maximum atomic E-state index is 12.5. The summed E-state index contributed by atoms with van der Waals surface area (Å²) in [7, 11) is 0. The molecule has 29 heavy (non-hydrogen) atoms. The van der Waals surface area contributed by atoms with Crippen LogP contribution in [0.15, 0.2) is 48.5 Å². The zero-order valence-corrected chi connectivity index (χ0v) is 17.2. The molecule has 1 fully saturated rings. The van der Waals surface area contributed by atoms with Crippen LogP contribution in [-0.4, -0.2) is 59.4 Å². The SMILES string of the molecule is O=C(CN1CCN(C(=O)Nc2nc3ccccc3s2)CC1)Nc1ccccc1Cl. The van der Waals surface area contributed by atoms with E-state index in [4.69, 9.17) is 11.6 Å². The fourth-order valence-corrected chi connectivity index (χ4v) is 4.20. The summed E-state index contributed by atoms with van der Waals surface area (Å²) in [4.78, 5) is 33.0. The number of para-hydroxylation sites is 2. The molecule has 0 atom stereocenters. The number of halogens is 1. The zero-order valence-electron chi connectivity index (χ0n) is 15.6. The number of piperazine rings is 1. The number of amides is 3. The first kappa shape index (κ1) is 19.6. The first-order valence-corrected chi connectivity index (χ1v) is 10.5. The van der Waals surface area contributed by atoms with Gasteiger partial charge >= 0.3 is 6.03 Å². The average molecular weight is 430 g/mol.